The molecule has 52 valence electrons. The molecule has 0 bridgehead atoms. The topological polar surface area (TPSA) is 13.1 Å². The second kappa shape index (κ2) is 3.06. The van der Waals surface area contributed by atoms with Crippen molar-refractivity contribution in [2.75, 3.05) is 0 Å². The Labute approximate surface area is 60.0 Å². The van der Waals surface area contributed by atoms with Crippen LogP contribution in [0.3, 0.4) is 0 Å². The van der Waals surface area contributed by atoms with Crippen LogP contribution in [0.4, 0.5) is 0 Å². The van der Waals surface area contributed by atoms with Gasteiger partial charge in [-0.05, 0) is 19.1 Å². The Morgan fingerprint density at radius 3 is 3.00 bits per heavy atom. The number of hydrogen-bond acceptors (Lipinski definition) is 1. The highest BCUT2D eigenvalue weighted by atomic mass is 16.3. The van der Waals surface area contributed by atoms with Crippen LogP contribution in [-0.4, -0.2) is 0 Å². The fraction of sp³-hybridized carbons (Fsp3) is 0.111. The van der Waals surface area contributed by atoms with Crippen molar-refractivity contribution in [3.8, 4) is 0 Å². The minimum absolute atomic E-state index is 0.903. The van der Waals surface area contributed by atoms with Crippen LogP contribution in [0.25, 0.3) is 12.2 Å². The van der Waals surface area contributed by atoms with Crippen LogP contribution in [0.2, 0.25) is 0 Å². The van der Waals surface area contributed by atoms with E-state index in [0.717, 1.165) is 10.6 Å². The first-order valence-electron chi connectivity index (χ1n) is 3.21. The number of allylic oxidation sites excluding steroid dienone is 1. The van der Waals surface area contributed by atoms with Gasteiger partial charge in [-0.3, -0.25) is 0 Å². The van der Waals surface area contributed by atoms with E-state index in [9.17, 15) is 0 Å². The van der Waals surface area contributed by atoms with Gasteiger partial charge in [-0.2, -0.15) is 0 Å². The molecule has 0 unspecified atom stereocenters. The summed E-state index contributed by atoms with van der Waals surface area (Å²) >= 11 is 0. The first kappa shape index (κ1) is 6.87. The summed E-state index contributed by atoms with van der Waals surface area (Å²) in [6, 6.07) is 1.91. The summed E-state index contributed by atoms with van der Waals surface area (Å²) in [5.74, 6) is 0. The van der Waals surface area contributed by atoms with E-state index in [0.29, 0.717) is 0 Å². The predicted molar refractivity (Wildman–Crippen MR) is 42.8 cm³/mol. The molecule has 0 aliphatic heterocycles. The zero-order chi connectivity index (χ0) is 7.40. The lowest BCUT2D eigenvalue weighted by molar-refractivity contribution is 0.530. The molecule has 1 aromatic heterocycles. The van der Waals surface area contributed by atoms with Gasteiger partial charge < -0.3 is 4.42 Å². The molecule has 1 aromatic rings. The molecule has 0 amide bonds. The van der Waals surface area contributed by atoms with Crippen LogP contribution < -0.4 is 10.6 Å². The summed E-state index contributed by atoms with van der Waals surface area (Å²) in [6.45, 7) is 5.54. The van der Waals surface area contributed by atoms with Crippen LogP contribution >= 0.6 is 0 Å². The quantitative estimate of drug-likeness (QED) is 0.559. The SMILES string of the molecule is C=C/C=c1/cco/c1=C/C. The normalized spacial score (nSPS) is 14.1. The van der Waals surface area contributed by atoms with E-state index < -0.39 is 0 Å². The number of rotatable bonds is 1. The molecule has 1 nitrogen and oxygen atoms in total. The summed E-state index contributed by atoms with van der Waals surface area (Å²) in [4.78, 5) is 0. The molecule has 1 heterocycles. The summed E-state index contributed by atoms with van der Waals surface area (Å²) in [7, 11) is 0. The largest absolute Gasteiger partial charge is 0.465 e. The van der Waals surface area contributed by atoms with Gasteiger partial charge in [0.25, 0.3) is 0 Å². The van der Waals surface area contributed by atoms with Gasteiger partial charge >= 0.3 is 0 Å². The summed E-state index contributed by atoms with van der Waals surface area (Å²) in [5, 5.41) is 1.08. The standard InChI is InChI=1S/C9H10O/c1-3-5-8-6-7-10-9(8)4-2/h3-7H,1H2,2H3/b8-5-,9-4+. The van der Waals surface area contributed by atoms with Crippen molar-refractivity contribution in [1.82, 2.24) is 0 Å². The minimum atomic E-state index is 0.903. The maximum atomic E-state index is 5.13. The van der Waals surface area contributed by atoms with E-state index >= 15 is 0 Å². The average molecular weight is 134 g/mol. The first-order valence-corrected chi connectivity index (χ1v) is 3.21. The Bertz CT molecular complexity index is 317. The Morgan fingerprint density at radius 1 is 1.60 bits per heavy atom. The molecule has 0 saturated heterocycles. The molecule has 0 N–H and O–H groups in total. The molecule has 0 aromatic carbocycles. The molecule has 0 atom stereocenters. The van der Waals surface area contributed by atoms with Gasteiger partial charge in [0.1, 0.15) is 5.42 Å². The zero-order valence-corrected chi connectivity index (χ0v) is 6.00. The van der Waals surface area contributed by atoms with Crippen molar-refractivity contribution in [3.05, 3.63) is 35.6 Å². The fourth-order valence-electron chi connectivity index (χ4n) is 0.830. The van der Waals surface area contributed by atoms with E-state index in [1.807, 2.05) is 25.1 Å². The molecule has 0 aliphatic rings. The Morgan fingerprint density at radius 2 is 2.40 bits per heavy atom. The van der Waals surface area contributed by atoms with Crippen LogP contribution in [0.5, 0.6) is 0 Å². The lowest BCUT2D eigenvalue weighted by Crippen LogP contribution is -2.17. The molecule has 0 saturated carbocycles. The fourth-order valence-corrected chi connectivity index (χ4v) is 0.830. The molecule has 0 spiro atoms. The van der Waals surface area contributed by atoms with Crippen molar-refractivity contribution >= 4 is 12.2 Å². The van der Waals surface area contributed by atoms with Gasteiger partial charge in [-0.15, -0.1) is 0 Å². The molecular weight excluding hydrogens is 124 g/mol. The molecular formula is C9H10O. The van der Waals surface area contributed by atoms with Gasteiger partial charge in [0.15, 0.2) is 0 Å². The minimum Gasteiger partial charge on any atom is -0.465 e. The van der Waals surface area contributed by atoms with E-state index in [4.69, 9.17) is 4.42 Å². The Hall–Kier alpha value is -1.24. The highest BCUT2D eigenvalue weighted by molar-refractivity contribution is 5.35. The molecule has 1 rings (SSSR count). The van der Waals surface area contributed by atoms with Gasteiger partial charge in [0.2, 0.25) is 0 Å². The highest BCUT2D eigenvalue weighted by Gasteiger charge is 1.82. The van der Waals surface area contributed by atoms with Crippen LogP contribution in [-0.2, 0) is 0 Å². The first-order chi connectivity index (χ1) is 4.88. The van der Waals surface area contributed by atoms with Crippen molar-refractivity contribution in [2.45, 2.75) is 6.92 Å². The summed E-state index contributed by atoms with van der Waals surface area (Å²) in [5.41, 5.74) is 0.903. The third-order valence-electron chi connectivity index (χ3n) is 1.29. The van der Waals surface area contributed by atoms with Gasteiger partial charge in [-0.25, -0.2) is 0 Å². The summed E-state index contributed by atoms with van der Waals surface area (Å²) < 4.78 is 5.13. The van der Waals surface area contributed by atoms with E-state index in [-0.39, 0.29) is 0 Å². The van der Waals surface area contributed by atoms with Crippen LogP contribution in [0.1, 0.15) is 6.92 Å². The average Bonchev–Trinajstić information content (AvgIpc) is 2.36. The lowest BCUT2D eigenvalue weighted by Gasteiger charge is -1.72. The third kappa shape index (κ3) is 1.18. The third-order valence-corrected chi connectivity index (χ3v) is 1.29. The van der Waals surface area contributed by atoms with Gasteiger partial charge in [0.05, 0.1) is 6.26 Å². The lowest BCUT2D eigenvalue weighted by atomic mass is 10.4. The Balaban J connectivity index is 3.41. The predicted octanol–water partition coefficient (Wildman–Crippen LogP) is 1.05. The maximum absolute atomic E-state index is 5.13. The van der Waals surface area contributed by atoms with Crippen molar-refractivity contribution in [2.24, 2.45) is 0 Å². The van der Waals surface area contributed by atoms with Crippen molar-refractivity contribution in [3.63, 3.8) is 0 Å². The monoisotopic (exact) mass is 134 g/mol. The van der Waals surface area contributed by atoms with Gasteiger partial charge in [0, 0.05) is 5.22 Å². The van der Waals surface area contributed by atoms with Crippen LogP contribution in [0, 0.1) is 0 Å². The van der Waals surface area contributed by atoms with Gasteiger partial charge in [-0.1, -0.05) is 18.7 Å². The number of hydrogen-bond donors (Lipinski definition) is 0. The van der Waals surface area contributed by atoms with E-state index in [1.165, 1.54) is 0 Å². The Kier molecular flexibility index (Phi) is 2.11. The smallest absolute Gasteiger partial charge is 0.129 e. The van der Waals surface area contributed by atoms with Crippen LogP contribution in [0.15, 0.2) is 29.4 Å². The van der Waals surface area contributed by atoms with E-state index in [1.54, 1.807) is 12.3 Å². The highest BCUT2D eigenvalue weighted by Crippen LogP contribution is 1.71. The molecule has 1 heteroatoms. The second-order valence-corrected chi connectivity index (χ2v) is 1.93. The summed E-state index contributed by atoms with van der Waals surface area (Å²) in [6.07, 6.45) is 7.26. The number of furan rings is 1. The van der Waals surface area contributed by atoms with Crippen molar-refractivity contribution < 1.29 is 4.42 Å². The second-order valence-electron chi connectivity index (χ2n) is 1.93. The van der Waals surface area contributed by atoms with E-state index in [2.05, 4.69) is 6.58 Å². The molecule has 0 radical (unpaired) electrons. The molecule has 0 fully saturated rings. The molecule has 10 heavy (non-hydrogen) atoms. The molecule has 0 aliphatic carbocycles. The zero-order valence-electron chi connectivity index (χ0n) is 6.00. The van der Waals surface area contributed by atoms with Crippen molar-refractivity contribution in [1.29, 1.82) is 0 Å². The maximum Gasteiger partial charge on any atom is 0.129 e.